The highest BCUT2D eigenvalue weighted by Crippen LogP contribution is 2.28. The summed E-state index contributed by atoms with van der Waals surface area (Å²) in [6.07, 6.45) is 2.18. The van der Waals surface area contributed by atoms with E-state index in [-0.39, 0.29) is 18.0 Å². The molecule has 1 aliphatic rings. The van der Waals surface area contributed by atoms with Crippen LogP contribution in [0, 0.1) is 0 Å². The highest BCUT2D eigenvalue weighted by atomic mass is 16.2. The first-order valence-corrected chi connectivity index (χ1v) is 4.47. The summed E-state index contributed by atoms with van der Waals surface area (Å²) >= 11 is 0. The average molecular weight is 195 g/mol. The summed E-state index contributed by atoms with van der Waals surface area (Å²) in [5, 5.41) is 7.80. The Kier molecular flexibility index (Phi) is 1.99. The molecule has 0 saturated carbocycles. The van der Waals surface area contributed by atoms with Gasteiger partial charge in [-0.3, -0.25) is 9.48 Å². The molecule has 0 spiro atoms. The molecule has 0 aromatic carbocycles. The third-order valence-corrected chi connectivity index (χ3v) is 2.55. The van der Waals surface area contributed by atoms with Gasteiger partial charge in [-0.2, -0.15) is 0 Å². The molecule has 6 heteroatoms. The van der Waals surface area contributed by atoms with Gasteiger partial charge in [-0.1, -0.05) is 5.21 Å². The normalized spacial score (nSPS) is 27.4. The summed E-state index contributed by atoms with van der Waals surface area (Å²) in [6, 6.07) is -0.305. The number of hydrogen-bond donors (Lipinski definition) is 1. The fraction of sp³-hybridized carbons (Fsp3) is 0.625. The van der Waals surface area contributed by atoms with Gasteiger partial charge >= 0.3 is 0 Å². The van der Waals surface area contributed by atoms with Gasteiger partial charge in [0.1, 0.15) is 5.69 Å². The fourth-order valence-electron chi connectivity index (χ4n) is 1.82. The quantitative estimate of drug-likeness (QED) is 0.626. The molecule has 0 aliphatic carbocycles. The van der Waals surface area contributed by atoms with Crippen LogP contribution in [0.2, 0.25) is 0 Å². The van der Waals surface area contributed by atoms with Gasteiger partial charge in [-0.05, 0) is 0 Å². The first-order chi connectivity index (χ1) is 6.59. The maximum atomic E-state index is 11.4. The molecule has 6 nitrogen and oxygen atoms in total. The van der Waals surface area contributed by atoms with E-state index in [0.29, 0.717) is 6.42 Å². The Morgan fingerprint density at radius 3 is 2.71 bits per heavy atom. The molecule has 1 aromatic heterocycles. The summed E-state index contributed by atoms with van der Waals surface area (Å²) in [7, 11) is 3.54. The molecule has 1 fully saturated rings. The first kappa shape index (κ1) is 9.14. The molecule has 2 unspecified atom stereocenters. The van der Waals surface area contributed by atoms with Crippen molar-refractivity contribution in [3.63, 3.8) is 0 Å². The van der Waals surface area contributed by atoms with Gasteiger partial charge < -0.3 is 10.6 Å². The zero-order chi connectivity index (χ0) is 10.3. The number of hydrogen-bond acceptors (Lipinski definition) is 4. The lowest BCUT2D eigenvalue weighted by Crippen LogP contribution is -2.30. The van der Waals surface area contributed by atoms with Gasteiger partial charge in [0.15, 0.2) is 0 Å². The van der Waals surface area contributed by atoms with E-state index in [9.17, 15) is 4.79 Å². The lowest BCUT2D eigenvalue weighted by atomic mass is 10.1. The van der Waals surface area contributed by atoms with Gasteiger partial charge in [0.25, 0.3) is 0 Å². The Balaban J connectivity index is 2.30. The number of likely N-dealkylation sites (tertiary alicyclic amines) is 1. The monoisotopic (exact) mass is 195 g/mol. The number of carbonyl (C=O) groups excluding carboxylic acids is 1. The van der Waals surface area contributed by atoms with E-state index in [1.807, 2.05) is 0 Å². The summed E-state index contributed by atoms with van der Waals surface area (Å²) in [6.45, 7) is 0. The smallest absolute Gasteiger partial charge is 0.224 e. The molecule has 14 heavy (non-hydrogen) atoms. The summed E-state index contributed by atoms with van der Waals surface area (Å²) < 4.78 is 1.61. The van der Waals surface area contributed by atoms with E-state index < -0.39 is 0 Å². The van der Waals surface area contributed by atoms with E-state index in [1.165, 1.54) is 0 Å². The third-order valence-electron chi connectivity index (χ3n) is 2.55. The van der Waals surface area contributed by atoms with Gasteiger partial charge in [0.2, 0.25) is 5.91 Å². The Bertz CT molecular complexity index is 360. The second-order valence-corrected chi connectivity index (χ2v) is 3.63. The highest BCUT2D eigenvalue weighted by Gasteiger charge is 2.37. The van der Waals surface area contributed by atoms with Gasteiger partial charge in [0, 0.05) is 26.6 Å². The van der Waals surface area contributed by atoms with Crippen molar-refractivity contribution < 1.29 is 4.79 Å². The van der Waals surface area contributed by atoms with Crippen molar-refractivity contribution in [3.05, 3.63) is 11.9 Å². The van der Waals surface area contributed by atoms with Crippen molar-refractivity contribution in [3.8, 4) is 0 Å². The van der Waals surface area contributed by atoms with Gasteiger partial charge in [-0.25, -0.2) is 0 Å². The Morgan fingerprint density at radius 2 is 2.29 bits per heavy atom. The molecule has 2 rings (SSSR count). The molecular formula is C8H13N5O. The van der Waals surface area contributed by atoms with E-state index in [2.05, 4.69) is 10.3 Å². The Morgan fingerprint density at radius 1 is 1.57 bits per heavy atom. The van der Waals surface area contributed by atoms with Crippen molar-refractivity contribution in [2.75, 3.05) is 7.05 Å². The minimum absolute atomic E-state index is 0.0631. The predicted octanol–water partition coefficient (Wildman–Crippen LogP) is -0.954. The summed E-state index contributed by atoms with van der Waals surface area (Å²) in [4.78, 5) is 13.0. The van der Waals surface area contributed by atoms with E-state index in [0.717, 1.165) is 5.69 Å². The Hall–Kier alpha value is -1.43. The lowest BCUT2D eigenvalue weighted by molar-refractivity contribution is -0.127. The maximum Gasteiger partial charge on any atom is 0.224 e. The van der Waals surface area contributed by atoms with Crippen LogP contribution in [0.1, 0.15) is 18.2 Å². The van der Waals surface area contributed by atoms with E-state index >= 15 is 0 Å². The van der Waals surface area contributed by atoms with Crippen molar-refractivity contribution in [1.82, 2.24) is 19.9 Å². The molecule has 1 aromatic rings. The number of nitrogens with zero attached hydrogens (tertiary/aromatic N) is 4. The van der Waals surface area contributed by atoms with Crippen molar-refractivity contribution in [2.24, 2.45) is 12.8 Å². The van der Waals surface area contributed by atoms with Crippen LogP contribution in [0.25, 0.3) is 0 Å². The second-order valence-electron chi connectivity index (χ2n) is 3.63. The maximum absolute atomic E-state index is 11.4. The molecule has 0 bridgehead atoms. The molecule has 1 aliphatic heterocycles. The van der Waals surface area contributed by atoms with Crippen molar-refractivity contribution in [2.45, 2.75) is 18.5 Å². The molecule has 1 saturated heterocycles. The zero-order valence-electron chi connectivity index (χ0n) is 8.21. The lowest BCUT2D eigenvalue weighted by Gasteiger charge is -2.19. The number of nitrogens with two attached hydrogens (primary N) is 1. The first-order valence-electron chi connectivity index (χ1n) is 4.47. The molecule has 2 heterocycles. The molecular weight excluding hydrogens is 182 g/mol. The zero-order valence-corrected chi connectivity index (χ0v) is 8.21. The fourth-order valence-corrected chi connectivity index (χ4v) is 1.82. The minimum atomic E-state index is -0.177. The standard InChI is InChI=1S/C8H13N5O/c1-12-4-6(10-11-12)8-5(9)3-7(14)13(8)2/h4-5,8H,3,9H2,1-2H3. The molecule has 1 amide bonds. The molecule has 0 radical (unpaired) electrons. The molecule has 2 N–H and O–H groups in total. The topological polar surface area (TPSA) is 77.0 Å². The SMILES string of the molecule is CN1C(=O)CC(N)C1c1cn(C)nn1. The third kappa shape index (κ3) is 1.27. The number of amides is 1. The van der Waals surface area contributed by atoms with Gasteiger partial charge in [-0.15, -0.1) is 5.10 Å². The Labute approximate surface area is 81.7 Å². The van der Waals surface area contributed by atoms with Crippen LogP contribution in [0.5, 0.6) is 0 Å². The molecule has 76 valence electrons. The van der Waals surface area contributed by atoms with Crippen LogP contribution in [-0.2, 0) is 11.8 Å². The van der Waals surface area contributed by atoms with Crippen LogP contribution >= 0.6 is 0 Å². The number of rotatable bonds is 1. The van der Waals surface area contributed by atoms with Crippen molar-refractivity contribution >= 4 is 5.91 Å². The number of aryl methyl sites for hydroxylation is 1. The number of likely N-dealkylation sites (N-methyl/N-ethyl adjacent to an activating group) is 1. The van der Waals surface area contributed by atoms with Crippen LogP contribution in [0.4, 0.5) is 0 Å². The summed E-state index contributed by atoms with van der Waals surface area (Å²) in [5.41, 5.74) is 6.62. The number of aromatic nitrogens is 3. The van der Waals surface area contributed by atoms with Crippen LogP contribution in [-0.4, -0.2) is 38.9 Å². The number of carbonyl (C=O) groups is 1. The summed E-state index contributed by atoms with van der Waals surface area (Å²) in [5.74, 6) is 0.0631. The van der Waals surface area contributed by atoms with Crippen LogP contribution in [0.15, 0.2) is 6.20 Å². The van der Waals surface area contributed by atoms with E-state index in [4.69, 9.17) is 5.73 Å². The van der Waals surface area contributed by atoms with Crippen molar-refractivity contribution in [1.29, 1.82) is 0 Å². The highest BCUT2D eigenvalue weighted by molar-refractivity contribution is 5.79. The van der Waals surface area contributed by atoms with Crippen LogP contribution in [0.3, 0.4) is 0 Å². The van der Waals surface area contributed by atoms with E-state index in [1.54, 1.807) is 29.9 Å². The van der Waals surface area contributed by atoms with Gasteiger partial charge in [0.05, 0.1) is 12.2 Å². The minimum Gasteiger partial charge on any atom is -0.335 e. The second kappa shape index (κ2) is 3.06. The largest absolute Gasteiger partial charge is 0.335 e. The van der Waals surface area contributed by atoms with Crippen LogP contribution < -0.4 is 5.73 Å². The molecule has 2 atom stereocenters. The average Bonchev–Trinajstić information content (AvgIpc) is 2.60. The predicted molar refractivity (Wildman–Crippen MR) is 49.1 cm³/mol.